The Morgan fingerprint density at radius 3 is 2.21 bits per heavy atom. The van der Waals surface area contributed by atoms with Crippen LogP contribution in [0.15, 0.2) is 47.4 Å². The average molecular weight is 488 g/mol. The summed E-state index contributed by atoms with van der Waals surface area (Å²) in [6.45, 7) is 7.78. The zero-order valence-electron chi connectivity index (χ0n) is 20.2. The minimum atomic E-state index is -3.88. The van der Waals surface area contributed by atoms with Gasteiger partial charge in [0.05, 0.1) is 12.0 Å². The standard InChI is InChI=1S/C25H33N3O5S/c1-18(2)5-12-24(29)27-13-15-28(16-14-27)25(30)23-17-22(11-6-19(23)3)34(31,32)26-20-7-9-21(33-4)10-8-20/h6-11,17-18,26H,5,12-16H2,1-4H3. The van der Waals surface area contributed by atoms with Crippen molar-refractivity contribution in [3.8, 4) is 5.75 Å². The molecule has 0 unspecified atom stereocenters. The normalized spacial score (nSPS) is 14.3. The Morgan fingerprint density at radius 1 is 1.00 bits per heavy atom. The first-order valence-electron chi connectivity index (χ1n) is 11.5. The van der Waals surface area contributed by atoms with Crippen molar-refractivity contribution in [3.63, 3.8) is 0 Å². The first-order chi connectivity index (χ1) is 16.1. The number of ether oxygens (including phenoxy) is 1. The second kappa shape index (κ2) is 10.9. The van der Waals surface area contributed by atoms with Crippen LogP contribution in [0, 0.1) is 12.8 Å². The number of methoxy groups -OCH3 is 1. The molecule has 9 heteroatoms. The van der Waals surface area contributed by atoms with E-state index in [4.69, 9.17) is 4.74 Å². The SMILES string of the molecule is COc1ccc(NS(=O)(=O)c2ccc(C)c(C(=O)N3CCN(C(=O)CCC(C)C)CC3)c2)cc1. The molecule has 0 radical (unpaired) electrons. The second-order valence-corrected chi connectivity index (χ2v) is 10.6. The van der Waals surface area contributed by atoms with Gasteiger partial charge in [-0.3, -0.25) is 14.3 Å². The number of nitrogens with one attached hydrogen (secondary N) is 1. The monoisotopic (exact) mass is 487 g/mol. The molecular weight excluding hydrogens is 454 g/mol. The number of rotatable bonds is 8. The molecular formula is C25H33N3O5S. The van der Waals surface area contributed by atoms with E-state index in [1.165, 1.54) is 19.2 Å². The van der Waals surface area contributed by atoms with Crippen LogP contribution in [-0.2, 0) is 14.8 Å². The molecule has 3 rings (SSSR count). The van der Waals surface area contributed by atoms with Gasteiger partial charge >= 0.3 is 0 Å². The number of piperazine rings is 1. The first-order valence-corrected chi connectivity index (χ1v) is 12.9. The predicted octanol–water partition coefficient (Wildman–Crippen LogP) is 3.53. The number of anilines is 1. The molecule has 2 amide bonds. The Balaban J connectivity index is 1.69. The summed E-state index contributed by atoms with van der Waals surface area (Å²) in [5.74, 6) is 0.980. The van der Waals surface area contributed by atoms with E-state index < -0.39 is 10.0 Å². The third kappa shape index (κ3) is 6.28. The molecule has 0 bridgehead atoms. The van der Waals surface area contributed by atoms with Gasteiger partial charge in [-0.15, -0.1) is 0 Å². The van der Waals surface area contributed by atoms with Crippen molar-refractivity contribution >= 4 is 27.5 Å². The van der Waals surface area contributed by atoms with Crippen molar-refractivity contribution < 1.29 is 22.7 Å². The quantitative estimate of drug-likeness (QED) is 0.615. The van der Waals surface area contributed by atoms with E-state index in [1.54, 1.807) is 47.1 Å². The number of nitrogens with zero attached hydrogens (tertiary/aromatic N) is 2. The lowest BCUT2D eigenvalue weighted by atomic mass is 10.1. The van der Waals surface area contributed by atoms with Crippen LogP contribution in [0.3, 0.4) is 0 Å². The summed E-state index contributed by atoms with van der Waals surface area (Å²) in [6, 6.07) is 11.1. The van der Waals surface area contributed by atoms with Crippen molar-refractivity contribution in [1.29, 1.82) is 0 Å². The molecule has 0 aromatic heterocycles. The third-order valence-electron chi connectivity index (χ3n) is 5.95. The maximum absolute atomic E-state index is 13.2. The van der Waals surface area contributed by atoms with Crippen LogP contribution in [0.2, 0.25) is 0 Å². The minimum absolute atomic E-state index is 0.0137. The molecule has 1 N–H and O–H groups in total. The van der Waals surface area contributed by atoms with Gasteiger partial charge in [-0.25, -0.2) is 8.42 Å². The Bertz CT molecular complexity index is 1120. The van der Waals surface area contributed by atoms with Crippen LogP contribution in [0.25, 0.3) is 0 Å². The highest BCUT2D eigenvalue weighted by molar-refractivity contribution is 7.92. The van der Waals surface area contributed by atoms with E-state index in [0.717, 1.165) is 6.42 Å². The molecule has 1 aliphatic heterocycles. The number of sulfonamides is 1. The highest BCUT2D eigenvalue weighted by Crippen LogP contribution is 2.22. The highest BCUT2D eigenvalue weighted by atomic mass is 32.2. The molecule has 1 heterocycles. The van der Waals surface area contributed by atoms with Crippen LogP contribution in [0.5, 0.6) is 5.75 Å². The van der Waals surface area contributed by atoms with Crippen LogP contribution >= 0.6 is 0 Å². The number of amides is 2. The molecule has 8 nitrogen and oxygen atoms in total. The molecule has 1 aliphatic rings. The fourth-order valence-electron chi connectivity index (χ4n) is 3.77. The number of benzene rings is 2. The number of carbonyl (C=O) groups excluding carboxylic acids is 2. The molecule has 2 aromatic carbocycles. The topological polar surface area (TPSA) is 96.0 Å². The second-order valence-electron chi connectivity index (χ2n) is 8.92. The number of aryl methyl sites for hydroxylation is 1. The van der Waals surface area contributed by atoms with E-state index in [1.807, 2.05) is 0 Å². The Hall–Kier alpha value is -3.07. The summed E-state index contributed by atoms with van der Waals surface area (Å²) in [5.41, 5.74) is 1.44. The van der Waals surface area contributed by atoms with E-state index in [0.29, 0.717) is 61.1 Å². The first kappa shape index (κ1) is 25.6. The van der Waals surface area contributed by atoms with Crippen molar-refractivity contribution in [2.24, 2.45) is 5.92 Å². The lowest BCUT2D eigenvalue weighted by molar-refractivity contribution is -0.132. The summed E-state index contributed by atoms with van der Waals surface area (Å²) in [5, 5.41) is 0. The van der Waals surface area contributed by atoms with Gasteiger partial charge in [0.1, 0.15) is 5.75 Å². The van der Waals surface area contributed by atoms with Crippen molar-refractivity contribution in [3.05, 3.63) is 53.6 Å². The van der Waals surface area contributed by atoms with Gasteiger partial charge in [0, 0.05) is 43.9 Å². The zero-order chi connectivity index (χ0) is 24.9. The van der Waals surface area contributed by atoms with Gasteiger partial charge in [0.2, 0.25) is 5.91 Å². The molecule has 1 fully saturated rings. The smallest absolute Gasteiger partial charge is 0.261 e. The van der Waals surface area contributed by atoms with Gasteiger partial charge in [0.25, 0.3) is 15.9 Å². The summed E-state index contributed by atoms with van der Waals surface area (Å²) < 4.78 is 33.5. The Kier molecular flexibility index (Phi) is 8.19. The van der Waals surface area contributed by atoms with E-state index in [2.05, 4.69) is 18.6 Å². The van der Waals surface area contributed by atoms with Crippen molar-refractivity contribution in [2.45, 2.75) is 38.5 Å². The van der Waals surface area contributed by atoms with Crippen LogP contribution in [0.4, 0.5) is 5.69 Å². The summed E-state index contributed by atoms with van der Waals surface area (Å²) >= 11 is 0. The molecule has 1 saturated heterocycles. The fourth-order valence-corrected chi connectivity index (χ4v) is 4.86. The zero-order valence-corrected chi connectivity index (χ0v) is 21.0. The number of hydrogen-bond acceptors (Lipinski definition) is 5. The molecule has 184 valence electrons. The average Bonchev–Trinajstić information content (AvgIpc) is 2.82. The largest absolute Gasteiger partial charge is 0.497 e. The van der Waals surface area contributed by atoms with Crippen LogP contribution in [0.1, 0.15) is 42.6 Å². The molecule has 0 spiro atoms. The van der Waals surface area contributed by atoms with Crippen LogP contribution in [-0.4, -0.2) is 63.3 Å². The van der Waals surface area contributed by atoms with Crippen molar-refractivity contribution in [1.82, 2.24) is 9.80 Å². The summed E-state index contributed by atoms with van der Waals surface area (Å²) in [4.78, 5) is 29.1. The molecule has 0 aliphatic carbocycles. The van der Waals surface area contributed by atoms with Gasteiger partial charge in [0.15, 0.2) is 0 Å². The van der Waals surface area contributed by atoms with Gasteiger partial charge in [-0.1, -0.05) is 19.9 Å². The highest BCUT2D eigenvalue weighted by Gasteiger charge is 2.27. The van der Waals surface area contributed by atoms with Crippen molar-refractivity contribution in [2.75, 3.05) is 38.0 Å². The molecule has 0 saturated carbocycles. The Labute approximate surface area is 201 Å². The number of hydrogen-bond donors (Lipinski definition) is 1. The van der Waals surface area contributed by atoms with Gasteiger partial charge in [-0.05, 0) is 61.2 Å². The third-order valence-corrected chi connectivity index (χ3v) is 7.33. The maximum Gasteiger partial charge on any atom is 0.261 e. The van der Waals surface area contributed by atoms with E-state index >= 15 is 0 Å². The van der Waals surface area contributed by atoms with Gasteiger partial charge < -0.3 is 14.5 Å². The summed E-state index contributed by atoms with van der Waals surface area (Å²) in [6.07, 6.45) is 1.37. The Morgan fingerprint density at radius 2 is 1.62 bits per heavy atom. The lowest BCUT2D eigenvalue weighted by Gasteiger charge is -2.35. The fraction of sp³-hybridized carbons (Fsp3) is 0.440. The number of carbonyl (C=O) groups is 2. The molecule has 34 heavy (non-hydrogen) atoms. The van der Waals surface area contributed by atoms with E-state index in [9.17, 15) is 18.0 Å². The molecule has 0 atom stereocenters. The van der Waals surface area contributed by atoms with E-state index in [-0.39, 0.29) is 16.7 Å². The minimum Gasteiger partial charge on any atom is -0.497 e. The molecule has 2 aromatic rings. The predicted molar refractivity (Wildman–Crippen MR) is 132 cm³/mol. The lowest BCUT2D eigenvalue weighted by Crippen LogP contribution is -2.50. The van der Waals surface area contributed by atoms with Crippen LogP contribution < -0.4 is 9.46 Å². The van der Waals surface area contributed by atoms with Gasteiger partial charge in [-0.2, -0.15) is 0 Å². The summed E-state index contributed by atoms with van der Waals surface area (Å²) in [7, 11) is -2.35. The maximum atomic E-state index is 13.2.